The van der Waals surface area contributed by atoms with Gasteiger partial charge in [0.2, 0.25) is 0 Å². The lowest BCUT2D eigenvalue weighted by molar-refractivity contribution is -0.132. The van der Waals surface area contributed by atoms with Crippen LogP contribution in [0.4, 0.5) is 5.69 Å². The monoisotopic (exact) mass is 209 g/mol. The molecule has 0 bridgehead atoms. The molecule has 14 heavy (non-hydrogen) atoms. The van der Waals surface area contributed by atoms with Gasteiger partial charge in [-0.2, -0.15) is 0 Å². The van der Waals surface area contributed by atoms with E-state index in [1.165, 1.54) is 11.8 Å². The molecule has 0 spiro atoms. The highest BCUT2D eigenvalue weighted by molar-refractivity contribution is 7.99. The first-order valence-electron chi connectivity index (χ1n) is 3.99. The number of rotatable bonds is 4. The third-order valence-corrected chi connectivity index (χ3v) is 2.80. The van der Waals surface area contributed by atoms with Crippen LogP contribution in [-0.4, -0.2) is 16.8 Å². The fourth-order valence-electron chi connectivity index (χ4n) is 0.839. The van der Waals surface area contributed by atoms with Gasteiger partial charge in [0, 0.05) is 21.9 Å². The summed E-state index contributed by atoms with van der Waals surface area (Å²) < 4.78 is 0. The molecule has 0 amide bonds. The Morgan fingerprint density at radius 1 is 1.50 bits per heavy atom. The maximum atomic E-state index is 10.5. The Kier molecular flexibility index (Phi) is 3.59. The fraction of sp³-hybridized carbons (Fsp3) is 0.100. The van der Waals surface area contributed by atoms with Crippen molar-refractivity contribution in [3.05, 3.63) is 36.4 Å². The van der Waals surface area contributed by atoms with E-state index in [-0.39, 0.29) is 5.57 Å². The first kappa shape index (κ1) is 10.7. The van der Waals surface area contributed by atoms with Crippen LogP contribution in [0.15, 0.2) is 41.3 Å². The van der Waals surface area contributed by atoms with Crippen molar-refractivity contribution in [3.8, 4) is 0 Å². The topological polar surface area (TPSA) is 63.3 Å². The smallest absolute Gasteiger partial charge is 0.331 e. The Labute approximate surface area is 86.6 Å². The SMILES string of the molecule is C=C(CSc1ccccc1N)C(=O)O. The quantitative estimate of drug-likeness (QED) is 0.452. The second kappa shape index (κ2) is 4.72. The lowest BCUT2D eigenvalue weighted by Gasteiger charge is -2.04. The summed E-state index contributed by atoms with van der Waals surface area (Å²) in [5, 5.41) is 8.59. The average molecular weight is 209 g/mol. The van der Waals surface area contributed by atoms with Crippen molar-refractivity contribution in [1.82, 2.24) is 0 Å². The number of para-hydroxylation sites is 1. The van der Waals surface area contributed by atoms with Crippen molar-refractivity contribution >= 4 is 23.4 Å². The Balaban J connectivity index is 2.58. The van der Waals surface area contributed by atoms with Gasteiger partial charge in [-0.25, -0.2) is 4.79 Å². The van der Waals surface area contributed by atoms with Gasteiger partial charge in [0.1, 0.15) is 0 Å². The summed E-state index contributed by atoms with van der Waals surface area (Å²) in [5.74, 6) is -0.615. The second-order valence-electron chi connectivity index (χ2n) is 2.74. The number of hydrogen-bond acceptors (Lipinski definition) is 3. The van der Waals surface area contributed by atoms with E-state index in [0.717, 1.165) is 4.90 Å². The molecular formula is C10H11NO2S. The predicted molar refractivity (Wildman–Crippen MR) is 58.4 cm³/mol. The van der Waals surface area contributed by atoms with Crippen molar-refractivity contribution < 1.29 is 9.90 Å². The molecule has 0 unspecified atom stereocenters. The van der Waals surface area contributed by atoms with Crippen LogP contribution >= 0.6 is 11.8 Å². The van der Waals surface area contributed by atoms with Gasteiger partial charge >= 0.3 is 5.97 Å². The minimum Gasteiger partial charge on any atom is -0.478 e. The maximum absolute atomic E-state index is 10.5. The van der Waals surface area contributed by atoms with E-state index >= 15 is 0 Å². The normalized spacial score (nSPS) is 9.71. The Morgan fingerprint density at radius 2 is 2.14 bits per heavy atom. The molecule has 0 aliphatic heterocycles. The zero-order valence-corrected chi connectivity index (χ0v) is 8.38. The minimum absolute atomic E-state index is 0.179. The number of nitrogens with two attached hydrogens (primary N) is 1. The van der Waals surface area contributed by atoms with E-state index in [1.54, 1.807) is 6.07 Å². The van der Waals surface area contributed by atoms with Crippen LogP contribution in [0.1, 0.15) is 0 Å². The Bertz CT molecular complexity index is 363. The molecule has 0 saturated heterocycles. The number of aliphatic carboxylic acids is 1. The highest BCUT2D eigenvalue weighted by atomic mass is 32.2. The molecule has 0 heterocycles. The average Bonchev–Trinajstić information content (AvgIpc) is 2.16. The van der Waals surface area contributed by atoms with Crippen LogP contribution in [0.3, 0.4) is 0 Å². The number of benzene rings is 1. The van der Waals surface area contributed by atoms with Crippen LogP contribution in [0.5, 0.6) is 0 Å². The molecule has 4 heteroatoms. The molecular weight excluding hydrogens is 198 g/mol. The molecule has 3 nitrogen and oxygen atoms in total. The summed E-state index contributed by atoms with van der Waals surface area (Å²) in [6.45, 7) is 3.44. The molecule has 3 N–H and O–H groups in total. The van der Waals surface area contributed by atoms with Crippen LogP contribution < -0.4 is 5.73 Å². The van der Waals surface area contributed by atoms with Gasteiger partial charge in [0.25, 0.3) is 0 Å². The summed E-state index contributed by atoms with van der Waals surface area (Å²) in [7, 11) is 0. The number of anilines is 1. The van der Waals surface area contributed by atoms with Gasteiger partial charge < -0.3 is 10.8 Å². The Morgan fingerprint density at radius 3 is 2.71 bits per heavy atom. The fourth-order valence-corrected chi connectivity index (χ4v) is 1.70. The number of nitrogen functional groups attached to an aromatic ring is 1. The largest absolute Gasteiger partial charge is 0.478 e. The van der Waals surface area contributed by atoms with Crippen LogP contribution in [0.25, 0.3) is 0 Å². The van der Waals surface area contributed by atoms with Gasteiger partial charge in [0.15, 0.2) is 0 Å². The van der Waals surface area contributed by atoms with Gasteiger partial charge in [-0.1, -0.05) is 18.7 Å². The van der Waals surface area contributed by atoms with Crippen LogP contribution in [0, 0.1) is 0 Å². The van der Waals surface area contributed by atoms with E-state index in [1.807, 2.05) is 18.2 Å². The van der Waals surface area contributed by atoms with Crippen molar-refractivity contribution in [1.29, 1.82) is 0 Å². The lowest BCUT2D eigenvalue weighted by atomic mass is 10.3. The zero-order valence-electron chi connectivity index (χ0n) is 7.56. The van der Waals surface area contributed by atoms with Crippen molar-refractivity contribution in [2.75, 3.05) is 11.5 Å². The van der Waals surface area contributed by atoms with Crippen molar-refractivity contribution in [3.63, 3.8) is 0 Å². The lowest BCUT2D eigenvalue weighted by Crippen LogP contribution is -2.01. The molecule has 0 fully saturated rings. The molecule has 1 aromatic carbocycles. The van der Waals surface area contributed by atoms with Gasteiger partial charge in [0.05, 0.1) is 0 Å². The maximum Gasteiger partial charge on any atom is 0.331 e. The molecule has 0 aromatic heterocycles. The molecule has 0 aliphatic rings. The number of thioether (sulfide) groups is 1. The van der Waals surface area contributed by atoms with Crippen molar-refractivity contribution in [2.24, 2.45) is 0 Å². The van der Waals surface area contributed by atoms with Crippen LogP contribution in [-0.2, 0) is 4.79 Å². The number of carbonyl (C=O) groups is 1. The van der Waals surface area contributed by atoms with E-state index in [9.17, 15) is 4.79 Å². The van der Waals surface area contributed by atoms with Gasteiger partial charge in [-0.05, 0) is 12.1 Å². The summed E-state index contributed by atoms with van der Waals surface area (Å²) in [5.41, 5.74) is 6.53. The standard InChI is InChI=1S/C10H11NO2S/c1-7(10(12)13)6-14-9-5-3-2-4-8(9)11/h2-5H,1,6,11H2,(H,12,13). The third-order valence-electron chi connectivity index (χ3n) is 1.62. The minimum atomic E-state index is -0.966. The first-order valence-corrected chi connectivity index (χ1v) is 4.98. The highest BCUT2D eigenvalue weighted by Gasteiger charge is 2.05. The number of hydrogen-bond donors (Lipinski definition) is 2. The molecule has 1 aromatic rings. The molecule has 0 atom stereocenters. The molecule has 1 rings (SSSR count). The number of carboxylic acid groups (broad SMARTS) is 1. The van der Waals surface area contributed by atoms with Gasteiger partial charge in [-0.15, -0.1) is 11.8 Å². The van der Waals surface area contributed by atoms with Crippen molar-refractivity contribution in [2.45, 2.75) is 4.90 Å². The van der Waals surface area contributed by atoms with E-state index in [2.05, 4.69) is 6.58 Å². The summed E-state index contributed by atoms with van der Waals surface area (Å²) in [6, 6.07) is 7.34. The van der Waals surface area contributed by atoms with E-state index in [4.69, 9.17) is 10.8 Å². The molecule has 74 valence electrons. The zero-order chi connectivity index (χ0) is 10.6. The first-order chi connectivity index (χ1) is 6.61. The molecule has 0 saturated carbocycles. The molecule has 0 aliphatic carbocycles. The predicted octanol–water partition coefficient (Wildman–Crippen LogP) is 2.00. The summed E-state index contributed by atoms with van der Waals surface area (Å²) in [6.07, 6.45) is 0. The third kappa shape index (κ3) is 2.81. The van der Waals surface area contributed by atoms with E-state index < -0.39 is 5.97 Å². The summed E-state index contributed by atoms with van der Waals surface area (Å²) >= 11 is 1.38. The van der Waals surface area contributed by atoms with Gasteiger partial charge in [-0.3, -0.25) is 0 Å². The molecule has 0 radical (unpaired) electrons. The second-order valence-corrected chi connectivity index (χ2v) is 3.75. The highest BCUT2D eigenvalue weighted by Crippen LogP contribution is 2.25. The Hall–Kier alpha value is -1.42. The van der Waals surface area contributed by atoms with E-state index in [0.29, 0.717) is 11.4 Å². The number of carboxylic acids is 1. The summed E-state index contributed by atoms with van der Waals surface area (Å²) in [4.78, 5) is 11.3. The van der Waals surface area contributed by atoms with Crippen LogP contribution in [0.2, 0.25) is 0 Å².